The van der Waals surface area contributed by atoms with E-state index in [-0.39, 0.29) is 16.4 Å². The number of rotatable bonds is 5. The first-order valence-corrected chi connectivity index (χ1v) is 9.51. The van der Waals surface area contributed by atoms with Gasteiger partial charge in [-0.1, -0.05) is 6.07 Å². The lowest BCUT2D eigenvalue weighted by molar-refractivity contribution is -0.385. The number of hydrogen-bond donors (Lipinski definition) is 1. The van der Waals surface area contributed by atoms with Gasteiger partial charge in [-0.15, -0.1) is 0 Å². The summed E-state index contributed by atoms with van der Waals surface area (Å²) in [6, 6.07) is 9.08. The number of hydrogen-bond acceptors (Lipinski definition) is 6. The van der Waals surface area contributed by atoms with Crippen LogP contribution in [0, 0.1) is 10.1 Å². The van der Waals surface area contributed by atoms with E-state index in [4.69, 9.17) is 0 Å². The largest absolute Gasteiger partial charge is 0.345 e. The van der Waals surface area contributed by atoms with Crippen LogP contribution in [0.15, 0.2) is 47.4 Å². The molecule has 0 aliphatic carbocycles. The maximum atomic E-state index is 12.5. The van der Waals surface area contributed by atoms with Gasteiger partial charge in [-0.2, -0.15) is 0 Å². The van der Waals surface area contributed by atoms with Gasteiger partial charge in [0.1, 0.15) is 0 Å². The first-order valence-electron chi connectivity index (χ1n) is 7.61. The number of nitro benzene ring substituents is 1. The highest BCUT2D eigenvalue weighted by atomic mass is 32.2. The van der Waals surface area contributed by atoms with Crippen molar-refractivity contribution in [3.63, 3.8) is 0 Å². The molecule has 10 heteroatoms. The van der Waals surface area contributed by atoms with Crippen molar-refractivity contribution in [3.05, 3.63) is 63.7 Å². The van der Waals surface area contributed by atoms with E-state index in [9.17, 15) is 28.1 Å². The molecule has 9 nitrogen and oxygen atoms in total. The Morgan fingerprint density at radius 2 is 1.74 bits per heavy atom. The summed E-state index contributed by atoms with van der Waals surface area (Å²) in [5.41, 5.74) is -0.0673. The molecule has 0 heterocycles. The topological polar surface area (TPSA) is 127 Å². The molecule has 0 saturated heterocycles. The molecule has 0 bridgehead atoms. The first-order chi connectivity index (χ1) is 12.5. The van der Waals surface area contributed by atoms with E-state index in [1.807, 2.05) is 0 Å². The number of anilines is 1. The Morgan fingerprint density at radius 3 is 2.30 bits per heavy atom. The van der Waals surface area contributed by atoms with Gasteiger partial charge in [-0.05, 0) is 24.3 Å². The third kappa shape index (κ3) is 4.88. The minimum absolute atomic E-state index is 0.186. The van der Waals surface area contributed by atoms with Gasteiger partial charge in [-0.25, -0.2) is 8.42 Å². The van der Waals surface area contributed by atoms with Gasteiger partial charge >= 0.3 is 0 Å². The van der Waals surface area contributed by atoms with Crippen LogP contribution in [0.2, 0.25) is 0 Å². The average molecular weight is 391 g/mol. The fourth-order valence-electron chi connectivity index (χ4n) is 2.23. The Balaban J connectivity index is 2.39. The number of non-ortho nitro benzene ring substituents is 1. The SMILES string of the molecule is CN(C)C(=O)c1cccc(NC(=O)c2cc([N+](=O)[O-])cc(S(C)(=O)=O)c2)c1. The van der Waals surface area contributed by atoms with Crippen LogP contribution in [0.4, 0.5) is 11.4 Å². The van der Waals surface area contributed by atoms with Crippen LogP contribution in [0.5, 0.6) is 0 Å². The Bertz CT molecular complexity index is 1030. The lowest BCUT2D eigenvalue weighted by Crippen LogP contribution is -2.22. The van der Waals surface area contributed by atoms with Crippen molar-refractivity contribution in [2.45, 2.75) is 4.90 Å². The molecule has 0 unspecified atom stereocenters. The fourth-order valence-corrected chi connectivity index (χ4v) is 2.90. The Hall–Kier alpha value is -3.27. The van der Waals surface area contributed by atoms with E-state index in [2.05, 4.69) is 5.32 Å². The van der Waals surface area contributed by atoms with Crippen LogP contribution in [0.3, 0.4) is 0 Å². The highest BCUT2D eigenvalue weighted by molar-refractivity contribution is 7.90. The number of benzene rings is 2. The van der Waals surface area contributed by atoms with E-state index in [1.54, 1.807) is 32.3 Å². The summed E-state index contributed by atoms with van der Waals surface area (Å²) in [6.07, 6.45) is 0.893. The zero-order valence-corrected chi connectivity index (χ0v) is 15.6. The maximum Gasteiger partial charge on any atom is 0.271 e. The zero-order chi connectivity index (χ0) is 20.4. The molecule has 27 heavy (non-hydrogen) atoms. The molecule has 2 amide bonds. The van der Waals surface area contributed by atoms with Gasteiger partial charge in [-0.3, -0.25) is 19.7 Å². The van der Waals surface area contributed by atoms with Crippen molar-refractivity contribution >= 4 is 33.0 Å². The summed E-state index contributed by atoms with van der Waals surface area (Å²) in [5, 5.41) is 13.5. The monoisotopic (exact) mass is 391 g/mol. The van der Waals surface area contributed by atoms with Crippen molar-refractivity contribution in [1.29, 1.82) is 0 Å². The fraction of sp³-hybridized carbons (Fsp3) is 0.176. The summed E-state index contributed by atoms with van der Waals surface area (Å²) < 4.78 is 23.5. The lowest BCUT2D eigenvalue weighted by atomic mass is 10.1. The number of nitro groups is 1. The van der Waals surface area contributed by atoms with E-state index >= 15 is 0 Å². The second-order valence-electron chi connectivity index (χ2n) is 5.98. The molecule has 0 atom stereocenters. The lowest BCUT2D eigenvalue weighted by Gasteiger charge is -2.12. The minimum Gasteiger partial charge on any atom is -0.345 e. The molecule has 0 aromatic heterocycles. The maximum absolute atomic E-state index is 12.5. The van der Waals surface area contributed by atoms with E-state index < -0.39 is 26.4 Å². The molecular weight excluding hydrogens is 374 g/mol. The summed E-state index contributed by atoms with van der Waals surface area (Å²) in [5.74, 6) is -1.00. The van der Waals surface area contributed by atoms with Crippen LogP contribution in [-0.2, 0) is 9.84 Å². The van der Waals surface area contributed by atoms with Crippen molar-refractivity contribution < 1.29 is 22.9 Å². The Labute approximate surface area is 155 Å². The number of sulfone groups is 1. The van der Waals surface area contributed by atoms with Gasteiger partial charge in [0.2, 0.25) is 0 Å². The summed E-state index contributed by atoms with van der Waals surface area (Å²) in [7, 11) is -0.576. The molecule has 1 N–H and O–H groups in total. The molecule has 0 fully saturated rings. The summed E-state index contributed by atoms with van der Waals surface area (Å²) >= 11 is 0. The molecule has 142 valence electrons. The molecule has 0 saturated carbocycles. The number of nitrogens with zero attached hydrogens (tertiary/aromatic N) is 2. The van der Waals surface area contributed by atoms with Gasteiger partial charge < -0.3 is 10.2 Å². The quantitative estimate of drug-likeness (QED) is 0.613. The average Bonchev–Trinajstić information content (AvgIpc) is 2.59. The molecule has 2 aromatic carbocycles. The van der Waals surface area contributed by atoms with E-state index in [0.29, 0.717) is 11.3 Å². The van der Waals surface area contributed by atoms with Crippen molar-refractivity contribution in [1.82, 2.24) is 4.90 Å². The highest BCUT2D eigenvalue weighted by Gasteiger charge is 2.19. The van der Waals surface area contributed by atoms with Crippen molar-refractivity contribution in [2.24, 2.45) is 0 Å². The number of nitrogens with one attached hydrogen (secondary N) is 1. The van der Waals surface area contributed by atoms with Crippen molar-refractivity contribution in [2.75, 3.05) is 25.7 Å². The number of amides is 2. The molecule has 0 aliphatic heterocycles. The van der Waals surface area contributed by atoms with E-state index in [1.165, 1.54) is 11.0 Å². The molecular formula is C17H17N3O6S. The van der Waals surface area contributed by atoms with E-state index in [0.717, 1.165) is 24.5 Å². The Kier molecular flexibility index (Phi) is 5.60. The van der Waals surface area contributed by atoms with Crippen LogP contribution < -0.4 is 5.32 Å². The molecule has 0 aliphatic rings. The third-order valence-electron chi connectivity index (χ3n) is 3.57. The number of carbonyl (C=O) groups is 2. The van der Waals surface area contributed by atoms with Gasteiger partial charge in [0, 0.05) is 49.3 Å². The second kappa shape index (κ2) is 7.54. The van der Waals surface area contributed by atoms with Crippen LogP contribution >= 0.6 is 0 Å². The molecule has 2 rings (SSSR count). The van der Waals surface area contributed by atoms with Crippen LogP contribution in [0.1, 0.15) is 20.7 Å². The van der Waals surface area contributed by atoms with Crippen molar-refractivity contribution in [3.8, 4) is 0 Å². The standard InChI is InChI=1S/C17H17N3O6S/c1-19(2)17(22)11-5-4-6-13(7-11)18-16(21)12-8-14(20(23)24)10-15(9-12)27(3,25)26/h4-10H,1-3H3,(H,18,21). The highest BCUT2D eigenvalue weighted by Crippen LogP contribution is 2.22. The zero-order valence-electron chi connectivity index (χ0n) is 14.8. The number of carbonyl (C=O) groups excluding carboxylic acids is 2. The third-order valence-corrected chi connectivity index (χ3v) is 4.66. The second-order valence-corrected chi connectivity index (χ2v) is 8.00. The molecule has 0 radical (unpaired) electrons. The van der Waals surface area contributed by atoms with Gasteiger partial charge in [0.15, 0.2) is 9.84 Å². The molecule has 0 spiro atoms. The first kappa shape index (κ1) is 20.0. The minimum atomic E-state index is -3.75. The predicted molar refractivity (Wildman–Crippen MR) is 98.6 cm³/mol. The van der Waals surface area contributed by atoms with Crippen LogP contribution in [-0.4, -0.2) is 50.4 Å². The smallest absolute Gasteiger partial charge is 0.271 e. The van der Waals surface area contributed by atoms with Gasteiger partial charge in [0.05, 0.1) is 9.82 Å². The van der Waals surface area contributed by atoms with Crippen LogP contribution in [0.25, 0.3) is 0 Å². The summed E-state index contributed by atoms with van der Waals surface area (Å²) in [4.78, 5) is 35.8. The predicted octanol–water partition coefficient (Wildman–Crippen LogP) is 1.95. The van der Waals surface area contributed by atoms with Gasteiger partial charge in [0.25, 0.3) is 17.5 Å². The normalized spacial score (nSPS) is 10.9. The summed E-state index contributed by atoms with van der Waals surface area (Å²) in [6.45, 7) is 0. The Morgan fingerprint density at radius 1 is 1.07 bits per heavy atom. The molecule has 2 aromatic rings.